The monoisotopic (exact) mass is 298 g/mol. The summed E-state index contributed by atoms with van der Waals surface area (Å²) < 4.78 is 15.0. The summed E-state index contributed by atoms with van der Waals surface area (Å²) in [6.07, 6.45) is 2.38. The Balaban J connectivity index is 1.64. The van der Waals surface area contributed by atoms with Gasteiger partial charge in [0, 0.05) is 5.56 Å². The zero-order chi connectivity index (χ0) is 15.4. The van der Waals surface area contributed by atoms with E-state index in [2.05, 4.69) is 17.1 Å². The maximum absolute atomic E-state index is 11.6. The van der Waals surface area contributed by atoms with Crippen molar-refractivity contribution in [1.29, 1.82) is 0 Å². The van der Waals surface area contributed by atoms with Gasteiger partial charge in [0.05, 0.1) is 6.26 Å². The molecule has 0 amide bonds. The maximum Gasteiger partial charge on any atom is 0.374 e. The molecule has 3 rings (SSSR count). The molecule has 3 aromatic rings. The minimum Gasteiger partial charge on any atom is -0.457 e. The Labute approximate surface area is 126 Å². The summed E-state index contributed by atoms with van der Waals surface area (Å²) in [4.78, 5) is 15.8. The molecule has 0 saturated heterocycles. The van der Waals surface area contributed by atoms with Gasteiger partial charge in [0.25, 0.3) is 5.89 Å². The van der Waals surface area contributed by atoms with Gasteiger partial charge in [-0.15, -0.1) is 0 Å². The lowest BCUT2D eigenvalue weighted by atomic mass is 10.1. The molecule has 0 aliphatic carbocycles. The Kier molecular flexibility index (Phi) is 4.00. The Morgan fingerprint density at radius 2 is 2.05 bits per heavy atom. The molecule has 0 radical (unpaired) electrons. The molecular formula is C16H14N2O4. The summed E-state index contributed by atoms with van der Waals surface area (Å²) in [6.45, 7) is 1.99. The number of hydrogen-bond donors (Lipinski definition) is 0. The molecule has 0 spiro atoms. The first-order chi connectivity index (χ1) is 10.8. The Bertz CT molecular complexity index is 745. The SMILES string of the molecule is CCc1ccc(-c2noc(COC(=O)c3ccco3)n2)cc1. The van der Waals surface area contributed by atoms with Gasteiger partial charge in [0.1, 0.15) is 0 Å². The third kappa shape index (κ3) is 3.06. The van der Waals surface area contributed by atoms with E-state index in [0.29, 0.717) is 5.82 Å². The van der Waals surface area contributed by atoms with Gasteiger partial charge in [-0.05, 0) is 24.1 Å². The predicted molar refractivity (Wildman–Crippen MR) is 76.9 cm³/mol. The molecule has 0 fully saturated rings. The van der Waals surface area contributed by atoms with Crippen LogP contribution in [0.25, 0.3) is 11.4 Å². The maximum atomic E-state index is 11.6. The van der Waals surface area contributed by atoms with Gasteiger partial charge in [-0.1, -0.05) is 36.3 Å². The highest BCUT2D eigenvalue weighted by Crippen LogP contribution is 2.17. The fourth-order valence-corrected chi connectivity index (χ4v) is 1.91. The number of aromatic nitrogens is 2. The Morgan fingerprint density at radius 1 is 1.23 bits per heavy atom. The third-order valence-electron chi connectivity index (χ3n) is 3.14. The van der Waals surface area contributed by atoms with Gasteiger partial charge >= 0.3 is 5.97 Å². The van der Waals surface area contributed by atoms with Crippen molar-refractivity contribution in [2.24, 2.45) is 0 Å². The first-order valence-corrected chi connectivity index (χ1v) is 6.89. The van der Waals surface area contributed by atoms with Crippen LogP contribution in [0.1, 0.15) is 28.9 Å². The molecule has 0 unspecified atom stereocenters. The molecule has 0 aliphatic heterocycles. The normalized spacial score (nSPS) is 10.6. The van der Waals surface area contributed by atoms with Crippen LogP contribution in [0, 0.1) is 0 Å². The van der Waals surface area contributed by atoms with Gasteiger partial charge in [-0.25, -0.2) is 4.79 Å². The zero-order valence-corrected chi connectivity index (χ0v) is 12.0. The van der Waals surface area contributed by atoms with E-state index >= 15 is 0 Å². The van der Waals surface area contributed by atoms with E-state index in [1.54, 1.807) is 6.07 Å². The van der Waals surface area contributed by atoms with Crippen LogP contribution in [0.15, 0.2) is 51.6 Å². The number of aryl methyl sites for hydroxylation is 1. The van der Waals surface area contributed by atoms with Gasteiger partial charge in [-0.3, -0.25) is 0 Å². The van der Waals surface area contributed by atoms with Crippen LogP contribution in [0.4, 0.5) is 0 Å². The van der Waals surface area contributed by atoms with Crippen molar-refractivity contribution in [2.45, 2.75) is 20.0 Å². The van der Waals surface area contributed by atoms with Gasteiger partial charge in [0.2, 0.25) is 11.6 Å². The molecular weight excluding hydrogens is 284 g/mol. The molecule has 0 N–H and O–H groups in total. The summed E-state index contributed by atoms with van der Waals surface area (Å²) in [7, 11) is 0. The highest BCUT2D eigenvalue weighted by molar-refractivity contribution is 5.86. The molecule has 1 aromatic carbocycles. The van der Waals surface area contributed by atoms with E-state index in [9.17, 15) is 4.79 Å². The molecule has 6 nitrogen and oxygen atoms in total. The molecule has 2 aromatic heterocycles. The molecule has 22 heavy (non-hydrogen) atoms. The number of carbonyl (C=O) groups excluding carboxylic acids is 1. The van der Waals surface area contributed by atoms with Crippen molar-refractivity contribution in [2.75, 3.05) is 0 Å². The first kappa shape index (κ1) is 14.1. The number of carbonyl (C=O) groups is 1. The standard InChI is InChI=1S/C16H14N2O4/c1-2-11-5-7-12(8-6-11)15-17-14(22-18-15)10-21-16(19)13-4-3-9-20-13/h3-9H,2,10H2,1H3. The molecule has 0 saturated carbocycles. The van der Waals surface area contributed by atoms with Crippen LogP contribution in [0.2, 0.25) is 0 Å². The summed E-state index contributed by atoms with van der Waals surface area (Å²) in [5.41, 5.74) is 2.09. The molecule has 6 heteroatoms. The summed E-state index contributed by atoms with van der Waals surface area (Å²) >= 11 is 0. The van der Waals surface area contributed by atoms with Crippen molar-refractivity contribution < 1.29 is 18.5 Å². The number of ether oxygens (including phenoxy) is 1. The first-order valence-electron chi connectivity index (χ1n) is 6.89. The van der Waals surface area contributed by atoms with Crippen molar-refractivity contribution >= 4 is 5.97 Å². The molecule has 2 heterocycles. The quantitative estimate of drug-likeness (QED) is 0.673. The van der Waals surface area contributed by atoms with Crippen LogP contribution in [0.3, 0.4) is 0 Å². The lowest BCUT2D eigenvalue weighted by Crippen LogP contribution is -2.04. The third-order valence-corrected chi connectivity index (χ3v) is 3.14. The van der Waals surface area contributed by atoms with Crippen LogP contribution in [0.5, 0.6) is 0 Å². The highest BCUT2D eigenvalue weighted by atomic mass is 16.6. The van der Waals surface area contributed by atoms with E-state index in [1.807, 2.05) is 24.3 Å². The van der Waals surface area contributed by atoms with Gasteiger partial charge in [-0.2, -0.15) is 4.98 Å². The second-order valence-electron chi connectivity index (χ2n) is 4.62. The lowest BCUT2D eigenvalue weighted by molar-refractivity contribution is 0.0393. The van der Waals surface area contributed by atoms with E-state index in [-0.39, 0.29) is 18.3 Å². The zero-order valence-electron chi connectivity index (χ0n) is 12.0. The number of esters is 1. The summed E-state index contributed by atoms with van der Waals surface area (Å²) in [6, 6.07) is 11.0. The fraction of sp³-hybridized carbons (Fsp3) is 0.188. The van der Waals surface area contributed by atoms with E-state index in [0.717, 1.165) is 12.0 Å². The van der Waals surface area contributed by atoms with Gasteiger partial charge in [0.15, 0.2) is 6.61 Å². The summed E-state index contributed by atoms with van der Waals surface area (Å²) in [5.74, 6) is 0.258. The van der Waals surface area contributed by atoms with Crippen LogP contribution in [-0.4, -0.2) is 16.1 Å². The number of nitrogens with zero attached hydrogens (tertiary/aromatic N) is 2. The molecule has 0 aliphatic rings. The van der Waals surface area contributed by atoms with Gasteiger partial charge < -0.3 is 13.7 Å². The second-order valence-corrected chi connectivity index (χ2v) is 4.62. The molecule has 0 atom stereocenters. The molecule has 0 bridgehead atoms. The number of rotatable bonds is 5. The predicted octanol–water partition coefficient (Wildman–Crippen LogP) is 3.25. The van der Waals surface area contributed by atoms with Crippen LogP contribution < -0.4 is 0 Å². The smallest absolute Gasteiger partial charge is 0.374 e. The minimum absolute atomic E-state index is 0.0976. The number of benzene rings is 1. The number of hydrogen-bond acceptors (Lipinski definition) is 6. The second kappa shape index (κ2) is 6.26. The van der Waals surface area contributed by atoms with Crippen molar-refractivity contribution in [3.05, 3.63) is 59.9 Å². The van der Waals surface area contributed by atoms with Crippen LogP contribution >= 0.6 is 0 Å². The summed E-state index contributed by atoms with van der Waals surface area (Å²) in [5, 5.41) is 3.88. The Morgan fingerprint density at radius 3 is 2.73 bits per heavy atom. The van der Waals surface area contributed by atoms with Crippen molar-refractivity contribution in [1.82, 2.24) is 10.1 Å². The average Bonchev–Trinajstić information content (AvgIpc) is 3.24. The average molecular weight is 298 g/mol. The van der Waals surface area contributed by atoms with Crippen molar-refractivity contribution in [3.63, 3.8) is 0 Å². The topological polar surface area (TPSA) is 78.4 Å². The number of furan rings is 1. The lowest BCUT2D eigenvalue weighted by Gasteiger charge is -1.98. The highest BCUT2D eigenvalue weighted by Gasteiger charge is 2.14. The van der Waals surface area contributed by atoms with Crippen molar-refractivity contribution in [3.8, 4) is 11.4 Å². The molecule has 112 valence electrons. The minimum atomic E-state index is -0.572. The van der Waals surface area contributed by atoms with E-state index < -0.39 is 5.97 Å². The van der Waals surface area contributed by atoms with E-state index in [1.165, 1.54) is 17.9 Å². The Hall–Kier alpha value is -2.89. The van der Waals surface area contributed by atoms with Crippen LogP contribution in [-0.2, 0) is 17.8 Å². The largest absolute Gasteiger partial charge is 0.457 e. The van der Waals surface area contributed by atoms with E-state index in [4.69, 9.17) is 13.7 Å². The fourth-order valence-electron chi connectivity index (χ4n) is 1.91.